The van der Waals surface area contributed by atoms with Crippen LogP contribution in [0.5, 0.6) is 11.5 Å². The molecule has 6 aromatic rings. The topological polar surface area (TPSA) is 121 Å². The molecule has 0 saturated carbocycles. The molecule has 1 unspecified atom stereocenters. The summed E-state index contributed by atoms with van der Waals surface area (Å²) in [7, 11) is 0. The van der Waals surface area contributed by atoms with Crippen LogP contribution in [0.25, 0.3) is 0 Å². The first-order valence-electron chi connectivity index (χ1n) is 17.6. The lowest BCUT2D eigenvalue weighted by atomic mass is 9.82. The zero-order valence-electron chi connectivity index (χ0n) is 29.0. The molecule has 0 spiro atoms. The van der Waals surface area contributed by atoms with Crippen LogP contribution in [0.2, 0.25) is 0 Å². The molecule has 1 aromatic heterocycles. The fraction of sp³-hybridized carbons (Fsp3) is 0.163. The molecule has 0 bridgehead atoms. The Labute approximate surface area is 306 Å². The monoisotopic (exact) mass is 703 g/mol. The molecule has 8 rings (SSSR count). The number of allylic oxidation sites excluding steroid dienone is 1. The van der Waals surface area contributed by atoms with Gasteiger partial charge in [0.1, 0.15) is 5.75 Å². The number of amides is 2. The number of aryl methyl sites for hydroxylation is 1. The Morgan fingerprint density at radius 1 is 0.792 bits per heavy atom. The average Bonchev–Trinajstić information content (AvgIpc) is 3.71. The van der Waals surface area contributed by atoms with E-state index in [1.165, 1.54) is 0 Å². The molecule has 0 aliphatic carbocycles. The molecule has 2 N–H and O–H groups in total. The minimum atomic E-state index is -1.95. The number of hydrogen-bond donors (Lipinski definition) is 2. The van der Waals surface area contributed by atoms with Crippen LogP contribution >= 0.6 is 0 Å². The van der Waals surface area contributed by atoms with E-state index < -0.39 is 17.4 Å². The second kappa shape index (κ2) is 14.0. The number of benzene rings is 5. The Bertz CT molecular complexity index is 2320. The summed E-state index contributed by atoms with van der Waals surface area (Å²) < 4.78 is 7.93. The number of rotatable bonds is 10. The maximum Gasteiger partial charge on any atom is 0.268 e. The number of para-hydroxylation sites is 4. The van der Waals surface area contributed by atoms with Gasteiger partial charge in [-0.05, 0) is 66.6 Å². The number of fused-ring (bicyclic) bond motifs is 3. The molecule has 5 aromatic carbocycles. The number of ether oxygens (including phenoxy) is 1. The molecular formula is C43H37N5O5. The van der Waals surface area contributed by atoms with Crippen molar-refractivity contribution in [2.24, 2.45) is 5.92 Å². The van der Waals surface area contributed by atoms with Gasteiger partial charge in [0.05, 0.1) is 35.2 Å². The number of aliphatic hydroxyl groups is 2. The third-order valence-corrected chi connectivity index (χ3v) is 9.99. The van der Waals surface area contributed by atoms with Crippen LogP contribution in [-0.4, -0.2) is 43.6 Å². The summed E-state index contributed by atoms with van der Waals surface area (Å²) in [5.41, 5.74) is 2.65. The molecule has 10 nitrogen and oxygen atoms in total. The Morgan fingerprint density at radius 3 is 2.26 bits per heavy atom. The summed E-state index contributed by atoms with van der Waals surface area (Å²) in [6, 6.07) is 38.6. The van der Waals surface area contributed by atoms with Crippen molar-refractivity contribution in [3.05, 3.63) is 168 Å². The zero-order chi connectivity index (χ0) is 36.5. The molecule has 0 radical (unpaired) electrons. The lowest BCUT2D eigenvalue weighted by Crippen LogP contribution is -2.42. The van der Waals surface area contributed by atoms with Gasteiger partial charge in [0, 0.05) is 35.6 Å². The van der Waals surface area contributed by atoms with Crippen molar-refractivity contribution in [3.8, 4) is 11.5 Å². The van der Waals surface area contributed by atoms with Gasteiger partial charge in [-0.2, -0.15) is 0 Å². The lowest BCUT2D eigenvalue weighted by molar-refractivity contribution is -0.138. The van der Waals surface area contributed by atoms with E-state index in [1.807, 2.05) is 116 Å². The number of carbonyl (C=O) groups is 2. The highest BCUT2D eigenvalue weighted by molar-refractivity contribution is 6.16. The van der Waals surface area contributed by atoms with E-state index in [1.54, 1.807) is 50.9 Å². The smallest absolute Gasteiger partial charge is 0.268 e. The highest BCUT2D eigenvalue weighted by Crippen LogP contribution is 2.51. The van der Waals surface area contributed by atoms with E-state index in [0.717, 1.165) is 5.56 Å². The molecule has 53 heavy (non-hydrogen) atoms. The van der Waals surface area contributed by atoms with E-state index >= 15 is 0 Å². The minimum Gasteiger partial charge on any atom is -0.454 e. The number of nitrogens with zero attached hydrogens (tertiary/aromatic N) is 5. The highest BCUT2D eigenvalue weighted by Gasteiger charge is 2.53. The third-order valence-electron chi connectivity index (χ3n) is 9.99. The molecule has 264 valence electrons. The lowest BCUT2D eigenvalue weighted by Gasteiger charge is -2.28. The SMILES string of the molecule is C[C@@H](/C=C/CCn1cc(C(CO)c2ccccc2)nn1)[C@]1(O)C(=O)N(c2ccccc2)c2ccc(N3C(=O)c4ccccc4Oc4ccccc43)cc21. The number of aromatic nitrogens is 3. The minimum absolute atomic E-state index is 0.0879. The number of carbonyl (C=O) groups excluding carboxylic acids is 2. The molecule has 2 aliphatic heterocycles. The Hall–Kier alpha value is -6.36. The average molecular weight is 704 g/mol. The van der Waals surface area contributed by atoms with Crippen molar-refractivity contribution in [2.45, 2.75) is 31.4 Å². The largest absolute Gasteiger partial charge is 0.454 e. The maximum atomic E-state index is 14.5. The van der Waals surface area contributed by atoms with Gasteiger partial charge in [-0.25, -0.2) is 0 Å². The van der Waals surface area contributed by atoms with Gasteiger partial charge in [-0.3, -0.25) is 24.1 Å². The van der Waals surface area contributed by atoms with E-state index in [2.05, 4.69) is 10.3 Å². The summed E-state index contributed by atoms with van der Waals surface area (Å²) in [6.07, 6.45) is 6.16. The van der Waals surface area contributed by atoms with E-state index in [9.17, 15) is 19.8 Å². The van der Waals surface area contributed by atoms with Gasteiger partial charge >= 0.3 is 0 Å². The summed E-state index contributed by atoms with van der Waals surface area (Å²) in [5.74, 6) is -0.761. The second-order valence-electron chi connectivity index (χ2n) is 13.2. The van der Waals surface area contributed by atoms with Crippen LogP contribution in [0.1, 0.15) is 46.4 Å². The highest BCUT2D eigenvalue weighted by atomic mass is 16.5. The van der Waals surface area contributed by atoms with Gasteiger partial charge in [0.15, 0.2) is 11.4 Å². The number of anilines is 4. The summed E-state index contributed by atoms with van der Waals surface area (Å²) in [5, 5.41) is 31.2. The van der Waals surface area contributed by atoms with Gasteiger partial charge in [0.2, 0.25) is 0 Å². The van der Waals surface area contributed by atoms with Crippen LogP contribution in [0, 0.1) is 5.92 Å². The third kappa shape index (κ3) is 5.97. The predicted molar refractivity (Wildman–Crippen MR) is 202 cm³/mol. The molecule has 3 atom stereocenters. The van der Waals surface area contributed by atoms with Gasteiger partial charge < -0.3 is 14.9 Å². The Balaban J connectivity index is 1.11. The van der Waals surface area contributed by atoms with Gasteiger partial charge in [0.25, 0.3) is 11.8 Å². The first kappa shape index (κ1) is 33.8. The van der Waals surface area contributed by atoms with Crippen molar-refractivity contribution in [2.75, 3.05) is 16.4 Å². The number of hydrogen-bond acceptors (Lipinski definition) is 7. The van der Waals surface area contributed by atoms with E-state index in [-0.39, 0.29) is 18.4 Å². The van der Waals surface area contributed by atoms with Crippen molar-refractivity contribution in [1.29, 1.82) is 0 Å². The fourth-order valence-electron chi connectivity index (χ4n) is 7.18. The fourth-order valence-corrected chi connectivity index (χ4v) is 7.18. The Morgan fingerprint density at radius 2 is 1.49 bits per heavy atom. The van der Waals surface area contributed by atoms with Crippen LogP contribution < -0.4 is 14.5 Å². The van der Waals surface area contributed by atoms with E-state index in [4.69, 9.17) is 4.74 Å². The normalized spacial score (nSPS) is 17.6. The Kier molecular flexibility index (Phi) is 8.91. The molecule has 10 heteroatoms. The molecule has 2 amide bonds. The molecule has 0 fully saturated rings. The van der Waals surface area contributed by atoms with Crippen molar-refractivity contribution in [3.63, 3.8) is 0 Å². The van der Waals surface area contributed by atoms with Crippen LogP contribution in [0.3, 0.4) is 0 Å². The maximum absolute atomic E-state index is 14.5. The summed E-state index contributed by atoms with van der Waals surface area (Å²) in [6.45, 7) is 2.23. The quantitative estimate of drug-likeness (QED) is 0.141. The molecular weight excluding hydrogens is 667 g/mol. The van der Waals surface area contributed by atoms with Crippen molar-refractivity contribution < 1.29 is 24.5 Å². The molecule has 3 heterocycles. The molecule has 0 saturated heterocycles. The summed E-state index contributed by atoms with van der Waals surface area (Å²) >= 11 is 0. The first-order chi connectivity index (χ1) is 25.9. The molecule has 2 aliphatic rings. The summed E-state index contributed by atoms with van der Waals surface area (Å²) in [4.78, 5) is 31.8. The first-order valence-corrected chi connectivity index (χ1v) is 17.6. The van der Waals surface area contributed by atoms with E-state index in [0.29, 0.717) is 64.0 Å². The van der Waals surface area contributed by atoms with Crippen LogP contribution in [-0.2, 0) is 16.9 Å². The van der Waals surface area contributed by atoms with Crippen LogP contribution in [0.15, 0.2) is 146 Å². The zero-order valence-corrected chi connectivity index (χ0v) is 29.0. The second-order valence-corrected chi connectivity index (χ2v) is 13.2. The number of aliphatic hydroxyl groups excluding tert-OH is 1. The van der Waals surface area contributed by atoms with Crippen molar-refractivity contribution in [1.82, 2.24) is 15.0 Å². The van der Waals surface area contributed by atoms with Crippen molar-refractivity contribution >= 4 is 34.6 Å². The van der Waals surface area contributed by atoms with Gasteiger partial charge in [-0.1, -0.05) is 97.1 Å². The van der Waals surface area contributed by atoms with Gasteiger partial charge in [-0.15, -0.1) is 5.10 Å². The standard InChI is InChI=1S/C43H37N5O5/c1-29(14-12-13-25-46-27-36(44-45-46)34(28-49)30-15-4-2-5-16-30)43(52)35-26-32(23-24-37(35)48(42(43)51)31-17-6-3-7-18-31)47-38-20-9-11-22-40(38)53-39-21-10-8-19-33(39)41(47)50/h2-12,14-24,26-27,29,34,49,52H,13,25,28H2,1H3/b14-12+/t29-,34?,43+/m0/s1. The predicted octanol–water partition coefficient (Wildman–Crippen LogP) is 7.64. The van der Waals surface area contributed by atoms with Crippen LogP contribution in [0.4, 0.5) is 22.7 Å².